The maximum absolute atomic E-state index is 12.4. The first-order valence-corrected chi connectivity index (χ1v) is 6.36. The van der Waals surface area contributed by atoms with Gasteiger partial charge < -0.3 is 24.2 Å². The van der Waals surface area contributed by atoms with E-state index in [9.17, 15) is 9.59 Å². The van der Waals surface area contributed by atoms with Crippen molar-refractivity contribution in [3.63, 3.8) is 0 Å². The third-order valence-corrected chi connectivity index (χ3v) is 2.96. The van der Waals surface area contributed by atoms with E-state index < -0.39 is 6.09 Å². The van der Waals surface area contributed by atoms with Crippen LogP contribution >= 0.6 is 0 Å². The van der Waals surface area contributed by atoms with E-state index in [1.54, 1.807) is 11.8 Å². The summed E-state index contributed by atoms with van der Waals surface area (Å²) in [6, 6.07) is 0. The van der Waals surface area contributed by atoms with Crippen LogP contribution in [0.1, 0.15) is 6.92 Å². The largest absolute Gasteiger partial charge is 0.453 e. The molecule has 0 aliphatic carbocycles. The zero-order chi connectivity index (χ0) is 15.8. The van der Waals surface area contributed by atoms with Crippen LogP contribution in [0, 0.1) is 0 Å². The summed E-state index contributed by atoms with van der Waals surface area (Å²) in [7, 11) is 4.06. The lowest BCUT2D eigenvalue weighted by molar-refractivity contribution is -0.125. The van der Waals surface area contributed by atoms with Gasteiger partial charge in [-0.25, -0.2) is 4.79 Å². The summed E-state index contributed by atoms with van der Waals surface area (Å²) in [5, 5.41) is 7.39. The molecule has 0 spiro atoms. The Morgan fingerprint density at radius 2 is 1.43 bits per heavy atom. The fourth-order valence-electron chi connectivity index (χ4n) is 1.90. The van der Waals surface area contributed by atoms with Gasteiger partial charge in [0.25, 0.3) is 5.91 Å². The molecule has 1 aliphatic heterocycles. The molecule has 0 bridgehead atoms. The molecule has 0 unspecified atom stereocenters. The van der Waals surface area contributed by atoms with Gasteiger partial charge in [-0.3, -0.25) is 4.79 Å². The number of nitrogens with zero attached hydrogens (tertiary/aromatic N) is 4. The summed E-state index contributed by atoms with van der Waals surface area (Å²) < 4.78 is 4.65. The van der Waals surface area contributed by atoms with Crippen LogP contribution in [0.5, 0.6) is 0 Å². The van der Waals surface area contributed by atoms with Crippen molar-refractivity contribution in [1.82, 2.24) is 9.80 Å². The Morgan fingerprint density at radius 3 is 1.90 bits per heavy atom. The topological polar surface area (TPSA) is 93.0 Å². The Labute approximate surface area is 123 Å². The molecule has 21 heavy (non-hydrogen) atoms. The van der Waals surface area contributed by atoms with Gasteiger partial charge in [0, 0.05) is 26.2 Å². The summed E-state index contributed by atoms with van der Waals surface area (Å²) in [6.45, 7) is 3.18. The van der Waals surface area contributed by atoms with Gasteiger partial charge in [0.1, 0.15) is 19.9 Å². The van der Waals surface area contributed by atoms with Crippen LogP contribution in [0.3, 0.4) is 0 Å². The molecule has 1 fully saturated rings. The second-order valence-corrected chi connectivity index (χ2v) is 4.23. The summed E-state index contributed by atoms with van der Waals surface area (Å²) >= 11 is 0. The molecule has 0 aromatic carbocycles. The standard InChI is InChI=1S/C12H20N4O5/c1-9(13-20-3)10(14-21-4)11(17)15-5-7-16(8-6-15)12(18)19-2/h5-8H2,1-4H3. The molecule has 0 saturated carbocycles. The average Bonchev–Trinajstić information content (AvgIpc) is 2.51. The summed E-state index contributed by atoms with van der Waals surface area (Å²) in [6.07, 6.45) is -0.398. The highest BCUT2D eigenvalue weighted by Gasteiger charge is 2.28. The Hall–Kier alpha value is -2.32. The van der Waals surface area contributed by atoms with Gasteiger partial charge in [0.05, 0.1) is 7.11 Å². The number of hydrogen-bond donors (Lipinski definition) is 0. The highest BCUT2D eigenvalue weighted by Crippen LogP contribution is 2.05. The van der Waals surface area contributed by atoms with Gasteiger partial charge in [0.15, 0.2) is 5.71 Å². The maximum Gasteiger partial charge on any atom is 0.409 e. The number of rotatable bonds is 4. The molecule has 0 radical (unpaired) electrons. The van der Waals surface area contributed by atoms with Crippen molar-refractivity contribution in [3.05, 3.63) is 0 Å². The highest BCUT2D eigenvalue weighted by atomic mass is 16.6. The monoisotopic (exact) mass is 300 g/mol. The molecule has 1 heterocycles. The number of amides is 2. The first-order valence-electron chi connectivity index (χ1n) is 6.36. The molecule has 9 nitrogen and oxygen atoms in total. The molecule has 118 valence electrons. The van der Waals surface area contributed by atoms with Crippen LogP contribution in [-0.4, -0.2) is 80.7 Å². The van der Waals surface area contributed by atoms with Crippen molar-refractivity contribution in [2.45, 2.75) is 6.92 Å². The van der Waals surface area contributed by atoms with Crippen LogP contribution in [0.25, 0.3) is 0 Å². The predicted molar refractivity (Wildman–Crippen MR) is 75.1 cm³/mol. The minimum absolute atomic E-state index is 0.0749. The molecular formula is C12H20N4O5. The van der Waals surface area contributed by atoms with Gasteiger partial charge in [-0.2, -0.15) is 0 Å². The molecule has 9 heteroatoms. The fraction of sp³-hybridized carbons (Fsp3) is 0.667. The van der Waals surface area contributed by atoms with E-state index in [1.165, 1.54) is 26.2 Å². The van der Waals surface area contributed by atoms with Gasteiger partial charge in [-0.1, -0.05) is 10.3 Å². The third kappa shape index (κ3) is 4.33. The van der Waals surface area contributed by atoms with Crippen molar-refractivity contribution in [2.75, 3.05) is 47.5 Å². The smallest absolute Gasteiger partial charge is 0.409 e. The van der Waals surface area contributed by atoms with Crippen LogP contribution in [0.2, 0.25) is 0 Å². The van der Waals surface area contributed by atoms with E-state index in [0.29, 0.717) is 31.9 Å². The number of carbonyl (C=O) groups excluding carboxylic acids is 2. The molecule has 0 aromatic heterocycles. The Bertz CT molecular complexity index is 441. The van der Waals surface area contributed by atoms with Crippen LogP contribution in [0.4, 0.5) is 4.79 Å². The van der Waals surface area contributed by atoms with Crippen LogP contribution < -0.4 is 0 Å². The van der Waals surface area contributed by atoms with E-state index in [1.807, 2.05) is 0 Å². The van der Waals surface area contributed by atoms with E-state index >= 15 is 0 Å². The average molecular weight is 300 g/mol. The second kappa shape index (κ2) is 8.08. The zero-order valence-corrected chi connectivity index (χ0v) is 12.7. The molecule has 1 rings (SSSR count). The first-order chi connectivity index (χ1) is 10.0. The SMILES string of the molecule is CON=C(C)C(=NOC)C(=O)N1CCN(C(=O)OC)CC1. The Morgan fingerprint density at radius 1 is 0.905 bits per heavy atom. The van der Waals surface area contributed by atoms with Gasteiger partial charge in [-0.05, 0) is 6.92 Å². The second-order valence-electron chi connectivity index (χ2n) is 4.23. The molecule has 0 N–H and O–H groups in total. The van der Waals surface area contributed by atoms with Crippen molar-refractivity contribution < 1.29 is 24.0 Å². The van der Waals surface area contributed by atoms with Crippen LogP contribution in [-0.2, 0) is 19.2 Å². The highest BCUT2D eigenvalue weighted by molar-refractivity contribution is 6.66. The van der Waals surface area contributed by atoms with E-state index in [-0.39, 0.29) is 11.6 Å². The van der Waals surface area contributed by atoms with E-state index in [4.69, 9.17) is 0 Å². The number of carbonyl (C=O) groups is 2. The lowest BCUT2D eigenvalue weighted by Crippen LogP contribution is -2.52. The minimum atomic E-state index is -0.398. The molecular weight excluding hydrogens is 280 g/mol. The van der Waals surface area contributed by atoms with Crippen molar-refractivity contribution in [2.24, 2.45) is 10.3 Å². The van der Waals surface area contributed by atoms with Gasteiger partial charge >= 0.3 is 6.09 Å². The lowest BCUT2D eigenvalue weighted by Gasteiger charge is -2.33. The Balaban J connectivity index is 2.73. The third-order valence-electron chi connectivity index (χ3n) is 2.96. The molecule has 1 saturated heterocycles. The quantitative estimate of drug-likeness (QED) is 0.535. The van der Waals surface area contributed by atoms with Gasteiger partial charge in [0.2, 0.25) is 0 Å². The molecule has 0 atom stereocenters. The minimum Gasteiger partial charge on any atom is -0.453 e. The number of ether oxygens (including phenoxy) is 1. The summed E-state index contributed by atoms with van der Waals surface area (Å²) in [5.41, 5.74) is 0.394. The Kier molecular flexibility index (Phi) is 6.44. The van der Waals surface area contributed by atoms with E-state index in [0.717, 1.165) is 0 Å². The normalized spacial score (nSPS) is 16.6. The number of hydrogen-bond acceptors (Lipinski definition) is 7. The van der Waals surface area contributed by atoms with Crippen molar-refractivity contribution in [3.8, 4) is 0 Å². The number of piperazine rings is 1. The van der Waals surface area contributed by atoms with Crippen molar-refractivity contribution in [1.29, 1.82) is 0 Å². The first kappa shape index (κ1) is 16.7. The predicted octanol–water partition coefficient (Wildman–Crippen LogP) is -0.0783. The maximum atomic E-state index is 12.4. The molecule has 1 aliphatic rings. The molecule has 2 amide bonds. The molecule has 0 aromatic rings. The number of methoxy groups -OCH3 is 1. The van der Waals surface area contributed by atoms with Crippen LogP contribution in [0.15, 0.2) is 10.3 Å². The zero-order valence-electron chi connectivity index (χ0n) is 12.7. The fourth-order valence-corrected chi connectivity index (χ4v) is 1.90. The number of oxime groups is 2. The van der Waals surface area contributed by atoms with Gasteiger partial charge in [-0.15, -0.1) is 0 Å². The summed E-state index contributed by atoms with van der Waals surface area (Å²) in [5.74, 6) is -0.320. The lowest BCUT2D eigenvalue weighted by atomic mass is 10.2. The summed E-state index contributed by atoms with van der Waals surface area (Å²) in [4.78, 5) is 36.2. The van der Waals surface area contributed by atoms with Crippen molar-refractivity contribution >= 4 is 23.4 Å². The van der Waals surface area contributed by atoms with E-state index in [2.05, 4.69) is 24.7 Å².